The van der Waals surface area contributed by atoms with Gasteiger partial charge in [0, 0.05) is 11.8 Å². The number of hydrogen-bond donors (Lipinski definition) is 1. The molecule has 80 valence electrons. The van der Waals surface area contributed by atoms with Crippen molar-refractivity contribution in [1.29, 1.82) is 0 Å². The molecule has 0 saturated heterocycles. The van der Waals surface area contributed by atoms with Crippen molar-refractivity contribution in [2.24, 2.45) is 0 Å². The van der Waals surface area contributed by atoms with Crippen LogP contribution in [-0.2, 0) is 4.79 Å². The quantitative estimate of drug-likeness (QED) is 0.767. The minimum absolute atomic E-state index is 0.0162. The van der Waals surface area contributed by atoms with Gasteiger partial charge in [0.2, 0.25) is 0 Å². The second-order valence-electron chi connectivity index (χ2n) is 3.52. The number of ether oxygens (including phenoxy) is 1. The second-order valence-corrected chi connectivity index (χ2v) is 3.52. The molecule has 2 N–H and O–H groups in total. The molecular weight excluding hydrogens is 190 g/mol. The summed E-state index contributed by atoms with van der Waals surface area (Å²) in [5, 5.41) is 0. The zero-order valence-electron chi connectivity index (χ0n) is 9.04. The average Bonchev–Trinajstić information content (AvgIpc) is 2.14. The number of carbonyl (C=O) groups is 1. The van der Waals surface area contributed by atoms with Crippen LogP contribution in [0.25, 0.3) is 5.57 Å². The van der Waals surface area contributed by atoms with Crippen molar-refractivity contribution in [3.8, 4) is 5.75 Å². The largest absolute Gasteiger partial charge is 0.486 e. The maximum atomic E-state index is 10.7. The molecule has 0 bridgehead atoms. The lowest BCUT2D eigenvalue weighted by atomic mass is 10.1. The number of allylic oxidation sites excluding steroid dienone is 1. The molecule has 1 aromatic rings. The highest BCUT2D eigenvalue weighted by atomic mass is 16.5. The minimum Gasteiger partial charge on any atom is -0.486 e. The Kier molecular flexibility index (Phi) is 3.50. The summed E-state index contributed by atoms with van der Waals surface area (Å²) in [6, 6.07) is 5.32. The highest BCUT2D eigenvalue weighted by molar-refractivity contribution is 5.77. The number of ketones is 1. The van der Waals surface area contributed by atoms with Gasteiger partial charge in [0.25, 0.3) is 0 Å². The number of Topliss-reactive ketones (excluding diaryl/α,β-unsaturated/α-hetero) is 1. The summed E-state index contributed by atoms with van der Waals surface area (Å²) in [5.74, 6) is 0.588. The van der Waals surface area contributed by atoms with Gasteiger partial charge in [-0.1, -0.05) is 6.58 Å². The smallest absolute Gasteiger partial charge is 0.167 e. The first-order valence-corrected chi connectivity index (χ1v) is 4.68. The Morgan fingerprint density at radius 2 is 2.13 bits per heavy atom. The van der Waals surface area contributed by atoms with E-state index in [4.69, 9.17) is 10.5 Å². The summed E-state index contributed by atoms with van der Waals surface area (Å²) in [6.45, 7) is 7.26. The van der Waals surface area contributed by atoms with Crippen molar-refractivity contribution in [2.45, 2.75) is 13.8 Å². The standard InChI is InChI=1S/C12H15NO2/c1-8(2)11-5-4-10(6-12(11)13)15-7-9(3)14/h4-6H,1,7,13H2,2-3H3. The van der Waals surface area contributed by atoms with Crippen LogP contribution in [0.3, 0.4) is 0 Å². The molecular formula is C12H15NO2. The number of nitrogens with two attached hydrogens (primary N) is 1. The molecule has 0 spiro atoms. The van der Waals surface area contributed by atoms with Gasteiger partial charge in [-0.15, -0.1) is 0 Å². The zero-order chi connectivity index (χ0) is 11.4. The molecule has 15 heavy (non-hydrogen) atoms. The molecule has 0 heterocycles. The highest BCUT2D eigenvalue weighted by Gasteiger charge is 2.02. The van der Waals surface area contributed by atoms with Crippen molar-refractivity contribution in [3.05, 3.63) is 30.3 Å². The summed E-state index contributed by atoms with van der Waals surface area (Å²) in [4.78, 5) is 10.7. The van der Waals surface area contributed by atoms with Crippen LogP contribution in [0.4, 0.5) is 5.69 Å². The number of hydrogen-bond acceptors (Lipinski definition) is 3. The van der Waals surface area contributed by atoms with Crippen LogP contribution in [0.2, 0.25) is 0 Å². The van der Waals surface area contributed by atoms with Gasteiger partial charge < -0.3 is 10.5 Å². The average molecular weight is 205 g/mol. The lowest BCUT2D eigenvalue weighted by molar-refractivity contribution is -0.118. The van der Waals surface area contributed by atoms with E-state index in [-0.39, 0.29) is 12.4 Å². The molecule has 0 fully saturated rings. The Morgan fingerprint density at radius 3 is 2.60 bits per heavy atom. The number of benzene rings is 1. The van der Waals surface area contributed by atoms with Crippen LogP contribution in [0.15, 0.2) is 24.8 Å². The molecule has 3 nitrogen and oxygen atoms in total. The van der Waals surface area contributed by atoms with E-state index in [1.807, 2.05) is 13.0 Å². The number of carbonyl (C=O) groups excluding carboxylic acids is 1. The van der Waals surface area contributed by atoms with Gasteiger partial charge in [-0.2, -0.15) is 0 Å². The molecule has 0 aliphatic heterocycles. The van der Waals surface area contributed by atoms with E-state index in [0.29, 0.717) is 11.4 Å². The van der Waals surface area contributed by atoms with Crippen molar-refractivity contribution in [2.75, 3.05) is 12.3 Å². The summed E-state index contributed by atoms with van der Waals surface area (Å²) < 4.78 is 5.22. The maximum Gasteiger partial charge on any atom is 0.167 e. The Hall–Kier alpha value is -1.77. The maximum absolute atomic E-state index is 10.7. The molecule has 3 heteroatoms. The first kappa shape index (κ1) is 11.3. The molecule has 0 radical (unpaired) electrons. The van der Waals surface area contributed by atoms with E-state index in [2.05, 4.69) is 6.58 Å². The van der Waals surface area contributed by atoms with Gasteiger partial charge in [-0.3, -0.25) is 4.79 Å². The number of anilines is 1. The predicted molar refractivity (Wildman–Crippen MR) is 61.7 cm³/mol. The van der Waals surface area contributed by atoms with Crippen molar-refractivity contribution < 1.29 is 9.53 Å². The third-order valence-corrected chi connectivity index (χ3v) is 1.92. The van der Waals surface area contributed by atoms with E-state index in [1.165, 1.54) is 6.92 Å². The number of nitrogen functional groups attached to an aromatic ring is 1. The Morgan fingerprint density at radius 1 is 1.47 bits per heavy atom. The fourth-order valence-corrected chi connectivity index (χ4v) is 1.20. The van der Waals surface area contributed by atoms with Gasteiger partial charge in [-0.05, 0) is 37.1 Å². The van der Waals surface area contributed by atoms with Crippen LogP contribution in [0.5, 0.6) is 5.75 Å². The van der Waals surface area contributed by atoms with Gasteiger partial charge in [-0.25, -0.2) is 0 Å². The fraction of sp³-hybridized carbons (Fsp3) is 0.250. The third kappa shape index (κ3) is 3.13. The first-order valence-electron chi connectivity index (χ1n) is 4.68. The summed E-state index contributed by atoms with van der Waals surface area (Å²) in [6.07, 6.45) is 0. The fourth-order valence-electron chi connectivity index (χ4n) is 1.20. The van der Waals surface area contributed by atoms with Crippen LogP contribution in [0, 0.1) is 0 Å². The van der Waals surface area contributed by atoms with E-state index in [1.54, 1.807) is 12.1 Å². The van der Waals surface area contributed by atoms with Crippen molar-refractivity contribution >= 4 is 17.0 Å². The predicted octanol–water partition coefficient (Wildman–Crippen LogP) is 2.27. The molecule has 0 saturated carbocycles. The van der Waals surface area contributed by atoms with Gasteiger partial charge in [0.1, 0.15) is 12.4 Å². The highest BCUT2D eigenvalue weighted by Crippen LogP contribution is 2.24. The van der Waals surface area contributed by atoms with Gasteiger partial charge in [0.15, 0.2) is 5.78 Å². The van der Waals surface area contributed by atoms with Crippen LogP contribution in [-0.4, -0.2) is 12.4 Å². The SMILES string of the molecule is C=C(C)c1ccc(OCC(C)=O)cc1N. The molecule has 1 rings (SSSR count). The lowest BCUT2D eigenvalue weighted by Crippen LogP contribution is -2.06. The molecule has 0 atom stereocenters. The Labute approximate surface area is 89.5 Å². The van der Waals surface area contributed by atoms with Crippen LogP contribution < -0.4 is 10.5 Å². The molecule has 0 amide bonds. The topological polar surface area (TPSA) is 52.3 Å². The van der Waals surface area contributed by atoms with Crippen LogP contribution in [0.1, 0.15) is 19.4 Å². The number of rotatable bonds is 4. The third-order valence-electron chi connectivity index (χ3n) is 1.92. The summed E-state index contributed by atoms with van der Waals surface area (Å²) in [7, 11) is 0. The molecule has 0 aliphatic rings. The van der Waals surface area contributed by atoms with E-state index < -0.39 is 0 Å². The van der Waals surface area contributed by atoms with Gasteiger partial charge in [0.05, 0.1) is 0 Å². The van der Waals surface area contributed by atoms with Gasteiger partial charge >= 0.3 is 0 Å². The molecule has 0 aromatic heterocycles. The monoisotopic (exact) mass is 205 g/mol. The van der Waals surface area contributed by atoms with Crippen molar-refractivity contribution in [3.63, 3.8) is 0 Å². The first-order chi connectivity index (χ1) is 7.00. The molecule has 0 aliphatic carbocycles. The minimum atomic E-state index is -0.0162. The molecule has 0 unspecified atom stereocenters. The van der Waals surface area contributed by atoms with Crippen LogP contribution >= 0.6 is 0 Å². The normalized spacial score (nSPS) is 9.73. The van der Waals surface area contributed by atoms with E-state index in [9.17, 15) is 4.79 Å². The zero-order valence-corrected chi connectivity index (χ0v) is 9.04. The Bertz CT molecular complexity index is 397. The summed E-state index contributed by atoms with van der Waals surface area (Å²) >= 11 is 0. The van der Waals surface area contributed by atoms with E-state index >= 15 is 0 Å². The lowest BCUT2D eigenvalue weighted by Gasteiger charge is -2.08. The molecule has 1 aromatic carbocycles. The Balaban J connectivity index is 2.82. The summed E-state index contributed by atoms with van der Waals surface area (Å²) in [5.41, 5.74) is 8.23. The second kappa shape index (κ2) is 4.64. The van der Waals surface area contributed by atoms with Crippen molar-refractivity contribution in [1.82, 2.24) is 0 Å². The van der Waals surface area contributed by atoms with E-state index in [0.717, 1.165) is 11.1 Å².